The summed E-state index contributed by atoms with van der Waals surface area (Å²) in [6.07, 6.45) is 1.12. The summed E-state index contributed by atoms with van der Waals surface area (Å²) >= 11 is 1.97. The third-order valence-corrected chi connectivity index (χ3v) is 4.71. The van der Waals surface area contributed by atoms with E-state index in [0.717, 1.165) is 25.3 Å². The fraction of sp³-hybridized carbons (Fsp3) is 0.500. The minimum Gasteiger partial charge on any atom is -0.397 e. The molecule has 1 fully saturated rings. The highest BCUT2D eigenvalue weighted by Crippen LogP contribution is 2.22. The number of carbonyl (C=O) groups is 1. The van der Waals surface area contributed by atoms with Crippen molar-refractivity contribution >= 4 is 29.0 Å². The van der Waals surface area contributed by atoms with E-state index >= 15 is 0 Å². The molecule has 1 saturated heterocycles. The molecule has 4 nitrogen and oxygen atoms in total. The van der Waals surface area contributed by atoms with Gasteiger partial charge in [-0.25, -0.2) is 4.39 Å². The van der Waals surface area contributed by atoms with Crippen molar-refractivity contribution in [2.45, 2.75) is 18.6 Å². The van der Waals surface area contributed by atoms with Gasteiger partial charge in [-0.05, 0) is 24.6 Å². The minimum atomic E-state index is -0.403. The number of hydrogen-bond donors (Lipinski definition) is 2. The lowest BCUT2D eigenvalue weighted by molar-refractivity contribution is -0.117. The van der Waals surface area contributed by atoms with Gasteiger partial charge in [0.15, 0.2) is 0 Å². The van der Waals surface area contributed by atoms with Gasteiger partial charge >= 0.3 is 0 Å². The van der Waals surface area contributed by atoms with Crippen LogP contribution in [0.4, 0.5) is 15.8 Å². The molecule has 1 aliphatic heterocycles. The number of thioether (sulfide) groups is 1. The van der Waals surface area contributed by atoms with Gasteiger partial charge in [0.25, 0.3) is 0 Å². The largest absolute Gasteiger partial charge is 0.397 e. The molecule has 2 rings (SSSR count). The smallest absolute Gasteiger partial charge is 0.238 e. The highest BCUT2D eigenvalue weighted by molar-refractivity contribution is 8.00. The summed E-state index contributed by atoms with van der Waals surface area (Å²) in [7, 11) is 0. The Bertz CT molecular complexity index is 483. The van der Waals surface area contributed by atoms with E-state index in [0.29, 0.717) is 17.5 Å². The van der Waals surface area contributed by atoms with Crippen molar-refractivity contribution in [1.29, 1.82) is 0 Å². The number of amides is 1. The molecule has 0 radical (unpaired) electrons. The Morgan fingerprint density at radius 1 is 1.60 bits per heavy atom. The molecular formula is C14H20FN3OS. The highest BCUT2D eigenvalue weighted by atomic mass is 32.2. The average molecular weight is 297 g/mol. The number of benzene rings is 1. The molecule has 1 heterocycles. The lowest BCUT2D eigenvalue weighted by atomic mass is 10.2. The lowest BCUT2D eigenvalue weighted by Crippen LogP contribution is -2.42. The van der Waals surface area contributed by atoms with Crippen LogP contribution in [0.15, 0.2) is 18.2 Å². The molecule has 1 aromatic rings. The molecule has 1 amide bonds. The van der Waals surface area contributed by atoms with Crippen LogP contribution in [0.3, 0.4) is 0 Å². The van der Waals surface area contributed by atoms with Crippen molar-refractivity contribution in [3.8, 4) is 0 Å². The molecule has 1 unspecified atom stereocenters. The number of nitrogens with one attached hydrogen (secondary N) is 1. The van der Waals surface area contributed by atoms with E-state index in [4.69, 9.17) is 5.73 Å². The number of halogens is 1. The van der Waals surface area contributed by atoms with E-state index < -0.39 is 5.82 Å². The predicted octanol–water partition coefficient (Wildman–Crippen LogP) is 2.17. The van der Waals surface area contributed by atoms with Gasteiger partial charge in [0.2, 0.25) is 5.91 Å². The van der Waals surface area contributed by atoms with Crippen LogP contribution in [-0.2, 0) is 4.79 Å². The quantitative estimate of drug-likeness (QED) is 0.836. The van der Waals surface area contributed by atoms with Gasteiger partial charge in [0.05, 0.1) is 17.9 Å². The van der Waals surface area contributed by atoms with Crippen molar-refractivity contribution < 1.29 is 9.18 Å². The zero-order valence-corrected chi connectivity index (χ0v) is 12.4. The minimum absolute atomic E-state index is 0.106. The summed E-state index contributed by atoms with van der Waals surface area (Å²) in [6, 6.07) is 3.99. The van der Waals surface area contributed by atoms with Gasteiger partial charge in [-0.3, -0.25) is 9.69 Å². The molecular weight excluding hydrogens is 277 g/mol. The first-order valence-corrected chi connectivity index (χ1v) is 7.82. The molecule has 1 aromatic carbocycles. The Kier molecular flexibility index (Phi) is 5.25. The summed E-state index contributed by atoms with van der Waals surface area (Å²) in [5, 5.41) is 3.34. The molecule has 6 heteroatoms. The second-order valence-electron chi connectivity index (χ2n) is 4.92. The standard InChI is InChI=1S/C14H20FN3OS/c1-2-11-8-18(5-6-20-11)9-14(19)17-13-4-3-10(15)7-12(13)16/h3-4,7,11H,2,5-6,8-9,16H2,1H3,(H,17,19). The third kappa shape index (κ3) is 4.11. The average Bonchev–Trinajstić information content (AvgIpc) is 2.42. The van der Waals surface area contributed by atoms with Crippen molar-refractivity contribution in [2.75, 3.05) is 36.4 Å². The maximum Gasteiger partial charge on any atom is 0.238 e. The Balaban J connectivity index is 1.88. The first kappa shape index (κ1) is 15.1. The fourth-order valence-electron chi connectivity index (χ4n) is 2.21. The molecule has 110 valence electrons. The van der Waals surface area contributed by atoms with Gasteiger partial charge in [-0.15, -0.1) is 0 Å². The summed E-state index contributed by atoms with van der Waals surface area (Å²) < 4.78 is 12.9. The monoisotopic (exact) mass is 297 g/mol. The summed E-state index contributed by atoms with van der Waals surface area (Å²) in [5.74, 6) is 0.550. The van der Waals surface area contributed by atoms with Crippen LogP contribution in [0.2, 0.25) is 0 Å². The third-order valence-electron chi connectivity index (χ3n) is 3.33. The van der Waals surface area contributed by atoms with Crippen LogP contribution in [0.5, 0.6) is 0 Å². The number of hydrogen-bond acceptors (Lipinski definition) is 4. The normalized spacial score (nSPS) is 19.8. The molecule has 0 spiro atoms. The van der Waals surface area contributed by atoms with Crippen molar-refractivity contribution in [3.63, 3.8) is 0 Å². The van der Waals surface area contributed by atoms with Gasteiger partial charge in [0.1, 0.15) is 5.82 Å². The lowest BCUT2D eigenvalue weighted by Gasteiger charge is -2.31. The molecule has 0 aromatic heterocycles. The number of carbonyl (C=O) groups excluding carboxylic acids is 1. The molecule has 1 aliphatic rings. The van der Waals surface area contributed by atoms with Crippen molar-refractivity contribution in [2.24, 2.45) is 0 Å². The summed E-state index contributed by atoms with van der Waals surface area (Å²) in [4.78, 5) is 14.2. The van der Waals surface area contributed by atoms with Crippen LogP contribution in [-0.4, -0.2) is 41.4 Å². The molecule has 3 N–H and O–H groups in total. The second kappa shape index (κ2) is 6.95. The number of nitrogens with zero attached hydrogens (tertiary/aromatic N) is 1. The van der Waals surface area contributed by atoms with E-state index in [2.05, 4.69) is 17.1 Å². The number of nitrogens with two attached hydrogens (primary N) is 1. The maximum atomic E-state index is 12.9. The van der Waals surface area contributed by atoms with E-state index in [1.807, 2.05) is 11.8 Å². The van der Waals surface area contributed by atoms with Crippen molar-refractivity contribution in [1.82, 2.24) is 4.90 Å². The Labute approximate surface area is 122 Å². The van der Waals surface area contributed by atoms with E-state index in [1.54, 1.807) is 0 Å². The predicted molar refractivity (Wildman–Crippen MR) is 82.4 cm³/mol. The molecule has 0 bridgehead atoms. The second-order valence-corrected chi connectivity index (χ2v) is 6.32. The molecule has 20 heavy (non-hydrogen) atoms. The van der Waals surface area contributed by atoms with Gasteiger partial charge in [-0.1, -0.05) is 6.92 Å². The summed E-state index contributed by atoms with van der Waals surface area (Å²) in [5.41, 5.74) is 6.39. The number of nitrogen functional groups attached to an aromatic ring is 1. The summed E-state index contributed by atoms with van der Waals surface area (Å²) in [6.45, 7) is 4.38. The number of anilines is 2. The maximum absolute atomic E-state index is 12.9. The van der Waals surface area contributed by atoms with Gasteiger partial charge in [-0.2, -0.15) is 11.8 Å². The van der Waals surface area contributed by atoms with Gasteiger partial charge in [0, 0.05) is 24.1 Å². The molecule has 0 aliphatic carbocycles. The van der Waals surface area contributed by atoms with Crippen LogP contribution >= 0.6 is 11.8 Å². The number of rotatable bonds is 4. The highest BCUT2D eigenvalue weighted by Gasteiger charge is 2.20. The topological polar surface area (TPSA) is 58.4 Å². The Morgan fingerprint density at radius 2 is 2.40 bits per heavy atom. The van der Waals surface area contributed by atoms with E-state index in [9.17, 15) is 9.18 Å². The Hall–Kier alpha value is -1.27. The van der Waals surface area contributed by atoms with Crippen LogP contribution in [0.1, 0.15) is 13.3 Å². The Morgan fingerprint density at radius 3 is 3.10 bits per heavy atom. The molecule has 1 atom stereocenters. The van der Waals surface area contributed by atoms with Crippen LogP contribution < -0.4 is 11.1 Å². The van der Waals surface area contributed by atoms with Crippen LogP contribution in [0, 0.1) is 5.82 Å². The fourth-order valence-corrected chi connectivity index (χ4v) is 3.46. The van der Waals surface area contributed by atoms with E-state index in [-0.39, 0.29) is 11.6 Å². The first-order valence-electron chi connectivity index (χ1n) is 6.77. The zero-order chi connectivity index (χ0) is 14.5. The molecule has 0 saturated carbocycles. The van der Waals surface area contributed by atoms with Gasteiger partial charge < -0.3 is 11.1 Å². The first-order chi connectivity index (χ1) is 9.58. The SMILES string of the molecule is CCC1CN(CC(=O)Nc2ccc(F)cc2N)CCS1. The zero-order valence-electron chi connectivity index (χ0n) is 11.6. The van der Waals surface area contributed by atoms with Crippen molar-refractivity contribution in [3.05, 3.63) is 24.0 Å². The van der Waals surface area contributed by atoms with E-state index in [1.165, 1.54) is 18.2 Å². The van der Waals surface area contributed by atoms with Crippen LogP contribution in [0.25, 0.3) is 0 Å².